The number of halogens is 2. The lowest BCUT2D eigenvalue weighted by Gasteiger charge is -2.16. The number of hydrogen-bond acceptors (Lipinski definition) is 3. The van der Waals surface area contributed by atoms with E-state index >= 15 is 0 Å². The number of nitriles is 1. The minimum absolute atomic E-state index is 0.0273. The molecule has 0 fully saturated rings. The molecule has 2 atom stereocenters. The third-order valence-corrected chi connectivity index (χ3v) is 2.27. The molecule has 0 heterocycles. The fraction of sp³-hybridized carbons (Fsp3) is 0.300. The predicted molar refractivity (Wildman–Crippen MR) is 52.6 cm³/mol. The van der Waals surface area contributed by atoms with E-state index in [-0.39, 0.29) is 17.0 Å². The van der Waals surface area contributed by atoms with Gasteiger partial charge >= 0.3 is 0 Å². The molecule has 2 unspecified atom stereocenters. The Labute approximate surface area is 91.3 Å². The third-order valence-electron chi connectivity index (χ3n) is 1.95. The fourth-order valence-corrected chi connectivity index (χ4v) is 1.43. The van der Waals surface area contributed by atoms with E-state index in [4.69, 9.17) is 16.9 Å². The van der Waals surface area contributed by atoms with Crippen LogP contribution in [-0.2, 0) is 0 Å². The summed E-state index contributed by atoms with van der Waals surface area (Å²) in [5, 5.41) is 27.3. The summed E-state index contributed by atoms with van der Waals surface area (Å²) >= 11 is 5.67. The lowest BCUT2D eigenvalue weighted by atomic mass is 10.0. The standard InChI is InChI=1S/C10H9ClFNO2/c11-8-5-6(12)1-2-7(8)10(15)9(14)3-4-13/h1-2,5,9-10,14-15H,3H2. The Morgan fingerprint density at radius 3 is 2.67 bits per heavy atom. The second kappa shape index (κ2) is 5.08. The van der Waals surface area contributed by atoms with Crippen LogP contribution in [0.4, 0.5) is 4.39 Å². The molecule has 15 heavy (non-hydrogen) atoms. The van der Waals surface area contributed by atoms with Gasteiger partial charge in [0.25, 0.3) is 0 Å². The number of hydrogen-bond donors (Lipinski definition) is 2. The van der Waals surface area contributed by atoms with Gasteiger partial charge in [0, 0.05) is 10.6 Å². The van der Waals surface area contributed by atoms with E-state index in [1.807, 2.05) is 0 Å². The predicted octanol–water partition coefficient (Wildman–Crippen LogP) is 1.79. The van der Waals surface area contributed by atoms with Gasteiger partial charge in [-0.25, -0.2) is 4.39 Å². The van der Waals surface area contributed by atoms with Crippen LogP contribution in [0.15, 0.2) is 18.2 Å². The van der Waals surface area contributed by atoms with Crippen molar-refractivity contribution in [3.05, 3.63) is 34.6 Å². The summed E-state index contributed by atoms with van der Waals surface area (Å²) in [5.41, 5.74) is 0.209. The van der Waals surface area contributed by atoms with E-state index in [0.29, 0.717) is 0 Å². The van der Waals surface area contributed by atoms with Crippen LogP contribution in [0.1, 0.15) is 18.1 Å². The van der Waals surface area contributed by atoms with Crippen LogP contribution in [0.5, 0.6) is 0 Å². The second-order valence-electron chi connectivity index (χ2n) is 3.04. The first-order chi connectivity index (χ1) is 7.06. The Morgan fingerprint density at radius 1 is 1.47 bits per heavy atom. The van der Waals surface area contributed by atoms with Gasteiger partial charge in [0.05, 0.1) is 18.6 Å². The summed E-state index contributed by atoms with van der Waals surface area (Å²) < 4.78 is 12.7. The van der Waals surface area contributed by atoms with Crippen molar-refractivity contribution in [1.29, 1.82) is 5.26 Å². The van der Waals surface area contributed by atoms with Crippen molar-refractivity contribution in [2.45, 2.75) is 18.6 Å². The number of benzene rings is 1. The summed E-state index contributed by atoms with van der Waals surface area (Å²) in [7, 11) is 0. The molecule has 0 bridgehead atoms. The molecule has 5 heteroatoms. The molecular weight excluding hydrogens is 221 g/mol. The lowest BCUT2D eigenvalue weighted by molar-refractivity contribution is 0.0216. The maximum Gasteiger partial charge on any atom is 0.124 e. The minimum atomic E-state index is -1.28. The molecule has 1 rings (SSSR count). The van der Waals surface area contributed by atoms with Gasteiger partial charge in [-0.2, -0.15) is 5.26 Å². The van der Waals surface area contributed by atoms with Crippen molar-refractivity contribution < 1.29 is 14.6 Å². The zero-order valence-electron chi connectivity index (χ0n) is 7.69. The van der Waals surface area contributed by atoms with Crippen LogP contribution in [0, 0.1) is 17.1 Å². The Kier molecular flexibility index (Phi) is 4.04. The van der Waals surface area contributed by atoms with Crippen molar-refractivity contribution >= 4 is 11.6 Å². The molecule has 80 valence electrons. The van der Waals surface area contributed by atoms with E-state index in [9.17, 15) is 14.6 Å². The van der Waals surface area contributed by atoms with E-state index in [0.717, 1.165) is 12.1 Å². The molecular formula is C10H9ClFNO2. The largest absolute Gasteiger partial charge is 0.389 e. The Hall–Kier alpha value is -1.15. The normalized spacial score (nSPS) is 14.3. The molecule has 1 aromatic rings. The lowest BCUT2D eigenvalue weighted by Crippen LogP contribution is -2.17. The van der Waals surface area contributed by atoms with Crippen LogP contribution in [0.2, 0.25) is 5.02 Å². The first kappa shape index (κ1) is 11.9. The van der Waals surface area contributed by atoms with Crippen molar-refractivity contribution in [3.8, 4) is 6.07 Å². The molecule has 0 saturated heterocycles. The number of aliphatic hydroxyl groups is 2. The number of nitrogens with zero attached hydrogens (tertiary/aromatic N) is 1. The summed E-state index contributed by atoms with van der Waals surface area (Å²) in [5.74, 6) is -0.522. The number of aliphatic hydroxyl groups excluding tert-OH is 2. The summed E-state index contributed by atoms with van der Waals surface area (Å²) in [6.07, 6.45) is -2.72. The zero-order valence-corrected chi connectivity index (χ0v) is 8.45. The highest BCUT2D eigenvalue weighted by Gasteiger charge is 2.20. The molecule has 3 nitrogen and oxygen atoms in total. The quantitative estimate of drug-likeness (QED) is 0.831. The first-order valence-electron chi connectivity index (χ1n) is 4.24. The van der Waals surface area contributed by atoms with Gasteiger partial charge in [-0.05, 0) is 12.1 Å². The highest BCUT2D eigenvalue weighted by atomic mass is 35.5. The molecule has 0 aliphatic rings. The molecule has 1 aromatic carbocycles. The molecule has 0 aliphatic heterocycles. The molecule has 0 aliphatic carbocycles. The van der Waals surface area contributed by atoms with Gasteiger partial charge in [0.1, 0.15) is 11.9 Å². The van der Waals surface area contributed by atoms with E-state index in [2.05, 4.69) is 0 Å². The average molecular weight is 230 g/mol. The molecule has 0 radical (unpaired) electrons. The Balaban J connectivity index is 2.91. The van der Waals surface area contributed by atoms with Crippen LogP contribution in [0.25, 0.3) is 0 Å². The molecule has 0 saturated carbocycles. The Morgan fingerprint density at radius 2 is 2.13 bits per heavy atom. The van der Waals surface area contributed by atoms with Crippen LogP contribution >= 0.6 is 11.6 Å². The fourth-order valence-electron chi connectivity index (χ4n) is 1.15. The second-order valence-corrected chi connectivity index (χ2v) is 3.45. The van der Waals surface area contributed by atoms with Gasteiger partial charge in [-0.15, -0.1) is 0 Å². The molecule has 0 spiro atoms. The highest BCUT2D eigenvalue weighted by molar-refractivity contribution is 6.31. The minimum Gasteiger partial charge on any atom is -0.389 e. The van der Waals surface area contributed by atoms with Crippen molar-refractivity contribution in [2.24, 2.45) is 0 Å². The third kappa shape index (κ3) is 2.90. The number of rotatable bonds is 3. The smallest absolute Gasteiger partial charge is 0.124 e. The molecule has 2 N–H and O–H groups in total. The highest BCUT2D eigenvalue weighted by Crippen LogP contribution is 2.26. The van der Waals surface area contributed by atoms with E-state index < -0.39 is 18.0 Å². The van der Waals surface area contributed by atoms with E-state index in [1.54, 1.807) is 6.07 Å². The van der Waals surface area contributed by atoms with Gasteiger partial charge in [-0.1, -0.05) is 17.7 Å². The molecule has 0 aromatic heterocycles. The maximum atomic E-state index is 12.7. The summed E-state index contributed by atoms with van der Waals surface area (Å²) in [6.45, 7) is 0. The zero-order chi connectivity index (χ0) is 11.4. The topological polar surface area (TPSA) is 64.2 Å². The van der Waals surface area contributed by atoms with Crippen LogP contribution in [-0.4, -0.2) is 16.3 Å². The maximum absolute atomic E-state index is 12.7. The molecule has 0 amide bonds. The first-order valence-corrected chi connectivity index (χ1v) is 4.62. The van der Waals surface area contributed by atoms with Gasteiger partial charge < -0.3 is 10.2 Å². The summed E-state index contributed by atoms with van der Waals surface area (Å²) in [6, 6.07) is 5.17. The van der Waals surface area contributed by atoms with Gasteiger partial charge in [0.15, 0.2) is 0 Å². The van der Waals surface area contributed by atoms with Gasteiger partial charge in [-0.3, -0.25) is 0 Å². The van der Waals surface area contributed by atoms with Crippen molar-refractivity contribution in [1.82, 2.24) is 0 Å². The van der Waals surface area contributed by atoms with Gasteiger partial charge in [0.2, 0.25) is 0 Å². The van der Waals surface area contributed by atoms with E-state index in [1.165, 1.54) is 6.07 Å². The van der Waals surface area contributed by atoms with Crippen LogP contribution < -0.4 is 0 Å². The summed E-state index contributed by atoms with van der Waals surface area (Å²) in [4.78, 5) is 0. The van der Waals surface area contributed by atoms with Crippen molar-refractivity contribution in [3.63, 3.8) is 0 Å². The SMILES string of the molecule is N#CCC(O)C(O)c1ccc(F)cc1Cl. The van der Waals surface area contributed by atoms with Crippen LogP contribution in [0.3, 0.4) is 0 Å². The monoisotopic (exact) mass is 229 g/mol. The van der Waals surface area contributed by atoms with Crippen molar-refractivity contribution in [2.75, 3.05) is 0 Å². The Bertz CT molecular complexity index is 391. The average Bonchev–Trinajstić information content (AvgIpc) is 2.17.